The Morgan fingerprint density at radius 3 is 2.33 bits per heavy atom. The fourth-order valence-corrected chi connectivity index (χ4v) is 1.31. The molecule has 2 amide bonds. The number of esters is 2. The molecule has 2 unspecified atom stereocenters. The van der Waals surface area contributed by atoms with Crippen LogP contribution in [0.2, 0.25) is 0 Å². The molecule has 21 heavy (non-hydrogen) atoms. The summed E-state index contributed by atoms with van der Waals surface area (Å²) in [5, 5.41) is 14.0. The summed E-state index contributed by atoms with van der Waals surface area (Å²) in [6.07, 6.45) is -0.0930. The number of aliphatic hydroxyl groups excluding tert-OH is 1. The normalized spacial score (nSPS) is 13.0. The predicted molar refractivity (Wildman–Crippen MR) is 74.5 cm³/mol. The molecule has 0 saturated carbocycles. The van der Waals surface area contributed by atoms with E-state index in [0.29, 0.717) is 13.0 Å². The van der Waals surface area contributed by atoms with E-state index in [0.717, 1.165) is 12.8 Å². The van der Waals surface area contributed by atoms with Crippen LogP contribution in [0.1, 0.15) is 33.1 Å². The summed E-state index contributed by atoms with van der Waals surface area (Å²) >= 11 is 0. The van der Waals surface area contributed by atoms with Gasteiger partial charge in [0.15, 0.2) is 6.10 Å². The number of unbranched alkanes of at least 4 members (excludes halogenated alkanes) is 2. The third kappa shape index (κ3) is 9.67. The van der Waals surface area contributed by atoms with Gasteiger partial charge in [0.25, 0.3) is 0 Å². The minimum atomic E-state index is -1.27. The molecule has 0 fully saturated rings. The molecule has 0 aliphatic rings. The number of rotatable bonds is 9. The molecule has 3 N–H and O–H groups in total. The maximum Gasteiger partial charge on any atom is 0.347 e. The topological polar surface area (TPSA) is 114 Å². The second-order valence-electron chi connectivity index (χ2n) is 4.49. The van der Waals surface area contributed by atoms with Gasteiger partial charge in [-0.1, -0.05) is 0 Å². The summed E-state index contributed by atoms with van der Waals surface area (Å²) in [6.45, 7) is 3.41. The second-order valence-corrected chi connectivity index (χ2v) is 4.49. The Balaban J connectivity index is 3.61. The van der Waals surface area contributed by atoms with Crippen molar-refractivity contribution in [3.05, 3.63) is 0 Å². The maximum absolute atomic E-state index is 11.5. The van der Waals surface area contributed by atoms with E-state index >= 15 is 0 Å². The van der Waals surface area contributed by atoms with Gasteiger partial charge in [0.1, 0.15) is 6.10 Å². The Hall–Kier alpha value is -1.83. The molecule has 0 spiro atoms. The van der Waals surface area contributed by atoms with Crippen LogP contribution in [-0.4, -0.2) is 55.5 Å². The van der Waals surface area contributed by atoms with Gasteiger partial charge >= 0.3 is 18.0 Å². The van der Waals surface area contributed by atoms with E-state index in [4.69, 9.17) is 9.84 Å². The average Bonchev–Trinajstić information content (AvgIpc) is 2.45. The van der Waals surface area contributed by atoms with Crippen LogP contribution in [0.25, 0.3) is 0 Å². The van der Waals surface area contributed by atoms with Gasteiger partial charge in [-0.25, -0.2) is 14.4 Å². The molecule has 8 nitrogen and oxygen atoms in total. The van der Waals surface area contributed by atoms with Crippen molar-refractivity contribution in [1.82, 2.24) is 10.6 Å². The molecular formula is C13H24N2O6. The van der Waals surface area contributed by atoms with Crippen LogP contribution < -0.4 is 10.6 Å². The number of aliphatic hydroxyl groups is 1. The monoisotopic (exact) mass is 304 g/mol. The first-order chi connectivity index (χ1) is 9.88. The summed E-state index contributed by atoms with van der Waals surface area (Å²) in [7, 11) is 1.54. The summed E-state index contributed by atoms with van der Waals surface area (Å²) in [5.41, 5.74) is 0. The maximum atomic E-state index is 11.5. The Morgan fingerprint density at radius 1 is 1.10 bits per heavy atom. The fraction of sp³-hybridized carbons (Fsp3) is 0.769. The number of carbonyl (C=O) groups excluding carboxylic acids is 3. The number of ether oxygens (including phenoxy) is 2. The van der Waals surface area contributed by atoms with Crippen LogP contribution in [0.4, 0.5) is 4.79 Å². The Bertz CT molecular complexity index is 346. The zero-order valence-corrected chi connectivity index (χ0v) is 12.7. The first-order valence-electron chi connectivity index (χ1n) is 6.89. The van der Waals surface area contributed by atoms with Crippen molar-refractivity contribution < 1.29 is 29.0 Å². The molecule has 0 aliphatic carbocycles. The number of amides is 2. The number of carbonyl (C=O) groups is 3. The Kier molecular flexibility index (Phi) is 9.95. The third-order valence-corrected chi connectivity index (χ3v) is 2.54. The first-order valence-corrected chi connectivity index (χ1v) is 6.89. The van der Waals surface area contributed by atoms with E-state index in [1.54, 1.807) is 7.05 Å². The van der Waals surface area contributed by atoms with E-state index in [1.807, 2.05) is 0 Å². The molecule has 0 aromatic heterocycles. The average molecular weight is 304 g/mol. The van der Waals surface area contributed by atoms with Gasteiger partial charge in [-0.2, -0.15) is 0 Å². The lowest BCUT2D eigenvalue weighted by Crippen LogP contribution is -2.33. The number of hydrogen-bond acceptors (Lipinski definition) is 6. The van der Waals surface area contributed by atoms with E-state index in [-0.39, 0.29) is 12.6 Å². The summed E-state index contributed by atoms with van der Waals surface area (Å²) in [6, 6.07) is -0.227. The number of urea groups is 1. The van der Waals surface area contributed by atoms with Crippen LogP contribution in [0.5, 0.6) is 0 Å². The highest BCUT2D eigenvalue weighted by atomic mass is 16.6. The molecule has 2 atom stereocenters. The van der Waals surface area contributed by atoms with Crippen molar-refractivity contribution in [3.8, 4) is 0 Å². The van der Waals surface area contributed by atoms with Crippen LogP contribution in [0.15, 0.2) is 0 Å². The molecule has 0 saturated heterocycles. The zero-order valence-electron chi connectivity index (χ0n) is 12.7. The highest BCUT2D eigenvalue weighted by Crippen LogP contribution is 2.01. The van der Waals surface area contributed by atoms with Gasteiger partial charge in [0.2, 0.25) is 0 Å². The standard InChI is InChI=1S/C13H24N2O6/c1-9(16)11(17)21-10(2)12(18)20-8-6-4-5-7-15-13(19)14-3/h9-10,16H,4-8H2,1-3H3,(H2,14,15,19). The summed E-state index contributed by atoms with van der Waals surface area (Å²) in [4.78, 5) is 33.4. The zero-order chi connectivity index (χ0) is 16.3. The highest BCUT2D eigenvalue weighted by molar-refractivity contribution is 5.80. The van der Waals surface area contributed by atoms with Crippen LogP contribution >= 0.6 is 0 Å². The molecule has 122 valence electrons. The highest BCUT2D eigenvalue weighted by Gasteiger charge is 2.21. The summed E-state index contributed by atoms with van der Waals surface area (Å²) < 4.78 is 9.63. The van der Waals surface area contributed by atoms with Crippen LogP contribution in [-0.2, 0) is 19.1 Å². The van der Waals surface area contributed by atoms with Gasteiger partial charge in [0.05, 0.1) is 6.61 Å². The molecule has 0 radical (unpaired) electrons. The number of nitrogens with one attached hydrogen (secondary N) is 2. The van der Waals surface area contributed by atoms with Crippen molar-refractivity contribution in [2.75, 3.05) is 20.2 Å². The van der Waals surface area contributed by atoms with Crippen molar-refractivity contribution in [1.29, 1.82) is 0 Å². The lowest BCUT2D eigenvalue weighted by molar-refractivity contribution is -0.171. The first kappa shape index (κ1) is 19.2. The Morgan fingerprint density at radius 2 is 1.76 bits per heavy atom. The molecule has 0 bridgehead atoms. The minimum Gasteiger partial charge on any atom is -0.463 e. The van der Waals surface area contributed by atoms with Gasteiger partial charge in [0, 0.05) is 13.6 Å². The van der Waals surface area contributed by atoms with Gasteiger partial charge in [-0.05, 0) is 33.1 Å². The molecule has 8 heteroatoms. The number of hydrogen-bond donors (Lipinski definition) is 3. The fourth-order valence-electron chi connectivity index (χ4n) is 1.31. The van der Waals surface area contributed by atoms with Crippen molar-refractivity contribution >= 4 is 18.0 Å². The quantitative estimate of drug-likeness (QED) is 0.406. The van der Waals surface area contributed by atoms with Crippen LogP contribution in [0.3, 0.4) is 0 Å². The molecule has 0 aromatic rings. The molecule has 0 rings (SSSR count). The lowest BCUT2D eigenvalue weighted by Gasteiger charge is -2.13. The van der Waals surface area contributed by atoms with Gasteiger partial charge in [-0.15, -0.1) is 0 Å². The SMILES string of the molecule is CNC(=O)NCCCCCOC(=O)C(C)OC(=O)C(C)O. The smallest absolute Gasteiger partial charge is 0.347 e. The van der Waals surface area contributed by atoms with Gasteiger partial charge < -0.3 is 25.2 Å². The van der Waals surface area contributed by atoms with E-state index in [9.17, 15) is 14.4 Å². The van der Waals surface area contributed by atoms with E-state index in [2.05, 4.69) is 15.4 Å². The minimum absolute atomic E-state index is 0.218. The molecule has 0 aromatic carbocycles. The molecule has 0 aliphatic heterocycles. The molecular weight excluding hydrogens is 280 g/mol. The largest absolute Gasteiger partial charge is 0.463 e. The van der Waals surface area contributed by atoms with Crippen molar-refractivity contribution in [3.63, 3.8) is 0 Å². The van der Waals surface area contributed by atoms with Crippen LogP contribution in [0, 0.1) is 0 Å². The van der Waals surface area contributed by atoms with Crippen molar-refractivity contribution in [2.24, 2.45) is 0 Å². The van der Waals surface area contributed by atoms with E-state index in [1.165, 1.54) is 13.8 Å². The predicted octanol–water partition coefficient (Wildman–Crippen LogP) is -0.0586. The van der Waals surface area contributed by atoms with E-state index < -0.39 is 24.1 Å². The third-order valence-electron chi connectivity index (χ3n) is 2.54. The summed E-state index contributed by atoms with van der Waals surface area (Å²) in [5.74, 6) is -1.51. The van der Waals surface area contributed by atoms with Gasteiger partial charge in [-0.3, -0.25) is 0 Å². The second kappa shape index (κ2) is 10.9. The van der Waals surface area contributed by atoms with Crippen molar-refractivity contribution in [2.45, 2.75) is 45.3 Å². The lowest BCUT2D eigenvalue weighted by atomic mass is 10.2. The molecule has 0 heterocycles. The Labute approximate surface area is 124 Å².